The number of nitrogens with one attached hydrogen (secondary N) is 2. The topological polar surface area (TPSA) is 118 Å². The number of carboxylic acid groups (broad SMARTS) is 1. The lowest BCUT2D eigenvalue weighted by Gasteiger charge is -2.32. The van der Waals surface area contributed by atoms with Gasteiger partial charge in [0.25, 0.3) is 5.91 Å². The lowest BCUT2D eigenvalue weighted by Crippen LogP contribution is -2.46. The van der Waals surface area contributed by atoms with Gasteiger partial charge in [0.05, 0.1) is 16.4 Å². The molecule has 0 aliphatic heterocycles. The van der Waals surface area contributed by atoms with Crippen LogP contribution < -0.4 is 10.0 Å². The number of aliphatic carboxylic acids is 1. The highest BCUT2D eigenvalue weighted by molar-refractivity contribution is 7.89. The minimum Gasteiger partial charge on any atom is -0.481 e. The van der Waals surface area contributed by atoms with Gasteiger partial charge in [-0.2, -0.15) is 0 Å². The second-order valence-electron chi connectivity index (χ2n) is 14.2. The minimum absolute atomic E-state index is 0.138. The number of carboxylic acids is 1. The number of amides is 1. The fourth-order valence-corrected chi connectivity index (χ4v) is 7.98. The van der Waals surface area contributed by atoms with Gasteiger partial charge in [-0.3, -0.25) is 9.59 Å². The molecule has 0 bridgehead atoms. The van der Waals surface area contributed by atoms with E-state index in [9.17, 15) is 23.1 Å². The molecule has 0 unspecified atom stereocenters. The Morgan fingerprint density at radius 1 is 1.02 bits per heavy atom. The van der Waals surface area contributed by atoms with Crippen LogP contribution >= 0.6 is 0 Å². The minimum atomic E-state index is -3.77. The molecule has 9 heteroatoms. The predicted molar refractivity (Wildman–Crippen MR) is 161 cm³/mol. The average Bonchev–Trinajstić information content (AvgIpc) is 3.15. The van der Waals surface area contributed by atoms with Crippen molar-refractivity contribution in [2.75, 3.05) is 0 Å². The number of hydrogen-bond donors (Lipinski definition) is 3. The maximum atomic E-state index is 13.4. The fourth-order valence-electron chi connectivity index (χ4n) is 6.16. The number of carbonyl (C=O) groups excluding carboxylic acids is 1. The molecule has 1 heterocycles. The van der Waals surface area contributed by atoms with E-state index in [1.807, 2.05) is 66.8 Å². The van der Waals surface area contributed by atoms with Crippen LogP contribution in [0.25, 0.3) is 5.69 Å². The van der Waals surface area contributed by atoms with Crippen LogP contribution in [0, 0.1) is 18.8 Å². The van der Waals surface area contributed by atoms with Gasteiger partial charge in [-0.25, -0.2) is 13.1 Å². The van der Waals surface area contributed by atoms with Gasteiger partial charge in [0, 0.05) is 29.2 Å². The lowest BCUT2D eigenvalue weighted by molar-refractivity contribution is -0.145. The van der Waals surface area contributed by atoms with Crippen LogP contribution in [-0.2, 0) is 26.7 Å². The monoisotopic (exact) mass is 585 g/mol. The van der Waals surface area contributed by atoms with Gasteiger partial charge >= 0.3 is 5.97 Å². The second-order valence-corrected chi connectivity index (χ2v) is 15.8. The third-order valence-corrected chi connectivity index (χ3v) is 10.3. The van der Waals surface area contributed by atoms with Crippen molar-refractivity contribution in [1.29, 1.82) is 0 Å². The van der Waals surface area contributed by atoms with Crippen LogP contribution in [-0.4, -0.2) is 41.5 Å². The molecule has 2 saturated carbocycles. The number of hydrogen-bond acceptors (Lipinski definition) is 4. The first kappa shape index (κ1) is 31.3. The maximum Gasteiger partial charge on any atom is 0.306 e. The normalized spacial score (nSPS) is 20.5. The van der Waals surface area contributed by atoms with E-state index in [4.69, 9.17) is 0 Å². The number of nitrogens with zero attached hydrogens (tertiary/aromatic N) is 1. The Kier molecular flexibility index (Phi) is 8.82. The number of carbonyl (C=O) groups is 2. The Balaban J connectivity index is 1.76. The number of benzene rings is 1. The molecule has 3 N–H and O–H groups in total. The molecule has 1 aromatic carbocycles. The Labute approximate surface area is 245 Å². The summed E-state index contributed by atoms with van der Waals surface area (Å²) < 4.78 is 31.7. The molecule has 1 aromatic heterocycles. The molecule has 1 amide bonds. The van der Waals surface area contributed by atoms with Gasteiger partial charge < -0.3 is 15.0 Å². The van der Waals surface area contributed by atoms with E-state index in [2.05, 4.69) is 14.6 Å². The molecule has 8 nitrogen and oxygen atoms in total. The molecule has 2 aliphatic rings. The zero-order valence-electron chi connectivity index (χ0n) is 25.6. The molecule has 0 saturated heterocycles. The SMILES string of the molecule is Cc1c(C(=O)N[C@H]2C[C@H](C(=O)O)C2)cn(-c2ccc(S(=O)(=O)NC(C)(C)C)c(C(C)(C)C)c2)c1CC1CCCCC1. The van der Waals surface area contributed by atoms with Gasteiger partial charge in [-0.15, -0.1) is 0 Å². The maximum absolute atomic E-state index is 13.4. The van der Waals surface area contributed by atoms with E-state index in [1.165, 1.54) is 19.3 Å². The van der Waals surface area contributed by atoms with E-state index in [0.29, 0.717) is 29.9 Å². The van der Waals surface area contributed by atoms with Crippen LogP contribution in [0.3, 0.4) is 0 Å². The number of sulfonamides is 1. The van der Waals surface area contributed by atoms with Crippen LogP contribution in [0.1, 0.15) is 114 Å². The van der Waals surface area contributed by atoms with Gasteiger partial charge in [0.1, 0.15) is 0 Å². The molecular weight excluding hydrogens is 538 g/mol. The van der Waals surface area contributed by atoms with Crippen molar-refractivity contribution in [3.8, 4) is 5.69 Å². The summed E-state index contributed by atoms with van der Waals surface area (Å²) in [7, 11) is -3.77. The summed E-state index contributed by atoms with van der Waals surface area (Å²) in [4.78, 5) is 24.9. The van der Waals surface area contributed by atoms with E-state index in [-0.39, 0.29) is 16.8 Å². The quantitative estimate of drug-likeness (QED) is 0.358. The van der Waals surface area contributed by atoms with Crippen molar-refractivity contribution in [3.63, 3.8) is 0 Å². The highest BCUT2D eigenvalue weighted by Gasteiger charge is 2.36. The molecule has 4 rings (SSSR count). The van der Waals surface area contributed by atoms with E-state index in [0.717, 1.165) is 36.2 Å². The van der Waals surface area contributed by atoms with Crippen molar-refractivity contribution in [2.24, 2.45) is 11.8 Å². The van der Waals surface area contributed by atoms with Crippen molar-refractivity contribution in [3.05, 3.63) is 46.8 Å². The summed E-state index contributed by atoms with van der Waals surface area (Å²) in [6.07, 6.45) is 9.63. The van der Waals surface area contributed by atoms with Crippen molar-refractivity contribution < 1.29 is 23.1 Å². The molecular formula is C32H47N3O5S. The Morgan fingerprint density at radius 2 is 1.66 bits per heavy atom. The first-order valence-corrected chi connectivity index (χ1v) is 16.4. The standard InChI is InChI=1S/C32H47N3O5S/c1-20-25(29(36)33-23-16-22(17-23)30(37)38)19-35(27(20)15-21-11-9-8-10-12-21)24-13-14-28(26(18-24)31(2,3)4)41(39,40)34-32(5,6)7/h13-14,18-19,21-23,34H,8-12,15-17H2,1-7H3,(H,33,36)(H,37,38)/t22-,23-. The zero-order valence-corrected chi connectivity index (χ0v) is 26.5. The fraction of sp³-hybridized carbons (Fsp3) is 0.625. The van der Waals surface area contributed by atoms with Crippen LogP contribution in [0.2, 0.25) is 0 Å². The Hall–Kier alpha value is -2.65. The zero-order chi connectivity index (χ0) is 30.3. The summed E-state index contributed by atoms with van der Waals surface area (Å²) >= 11 is 0. The molecule has 226 valence electrons. The first-order chi connectivity index (χ1) is 19.0. The van der Waals surface area contributed by atoms with Crippen molar-refractivity contribution in [2.45, 2.75) is 122 Å². The Bertz CT molecular complexity index is 1400. The first-order valence-electron chi connectivity index (χ1n) is 14.9. The van der Waals surface area contributed by atoms with Crippen LogP contribution in [0.4, 0.5) is 0 Å². The molecule has 0 radical (unpaired) electrons. The van der Waals surface area contributed by atoms with E-state index < -0.39 is 32.9 Å². The van der Waals surface area contributed by atoms with Crippen LogP contribution in [0.15, 0.2) is 29.3 Å². The smallest absolute Gasteiger partial charge is 0.306 e. The van der Waals surface area contributed by atoms with Gasteiger partial charge in [-0.1, -0.05) is 52.9 Å². The van der Waals surface area contributed by atoms with Crippen molar-refractivity contribution >= 4 is 21.9 Å². The average molecular weight is 586 g/mol. The largest absolute Gasteiger partial charge is 0.481 e. The summed E-state index contributed by atoms with van der Waals surface area (Å²) in [6.45, 7) is 13.5. The van der Waals surface area contributed by atoms with Gasteiger partial charge in [0.2, 0.25) is 10.0 Å². The Morgan fingerprint density at radius 3 is 2.22 bits per heavy atom. The lowest BCUT2D eigenvalue weighted by atomic mass is 9.80. The summed E-state index contributed by atoms with van der Waals surface area (Å²) in [6, 6.07) is 5.33. The second kappa shape index (κ2) is 11.6. The van der Waals surface area contributed by atoms with Crippen LogP contribution in [0.5, 0.6) is 0 Å². The van der Waals surface area contributed by atoms with Crippen molar-refractivity contribution in [1.82, 2.24) is 14.6 Å². The highest BCUT2D eigenvalue weighted by atomic mass is 32.2. The predicted octanol–water partition coefficient (Wildman–Crippen LogP) is 5.88. The van der Waals surface area contributed by atoms with E-state index in [1.54, 1.807) is 6.07 Å². The highest BCUT2D eigenvalue weighted by Crippen LogP contribution is 2.35. The molecule has 0 atom stereocenters. The van der Waals surface area contributed by atoms with Gasteiger partial charge in [-0.05, 0) is 87.6 Å². The summed E-state index contributed by atoms with van der Waals surface area (Å²) in [5.41, 5.74) is 3.04. The summed E-state index contributed by atoms with van der Waals surface area (Å²) in [5.74, 6) is -0.867. The molecule has 2 aliphatic carbocycles. The number of rotatable bonds is 8. The molecule has 0 spiro atoms. The van der Waals surface area contributed by atoms with E-state index >= 15 is 0 Å². The summed E-state index contributed by atoms with van der Waals surface area (Å²) in [5, 5.41) is 12.3. The third kappa shape index (κ3) is 7.23. The molecule has 2 aromatic rings. The van der Waals surface area contributed by atoms with Gasteiger partial charge in [0.15, 0.2) is 0 Å². The molecule has 2 fully saturated rings. The number of aromatic nitrogens is 1. The third-order valence-electron chi connectivity index (χ3n) is 8.44. The molecule has 41 heavy (non-hydrogen) atoms.